The number of likely N-dealkylation sites (tertiary alicyclic amines) is 1. The number of imidazole rings is 1. The Labute approximate surface area is 155 Å². The number of pyridine rings is 1. The highest BCUT2D eigenvalue weighted by molar-refractivity contribution is 5.12. The number of fused-ring (bicyclic) bond motifs is 1. The number of hydrogen-bond acceptors (Lipinski definition) is 5. The van der Waals surface area contributed by atoms with Crippen molar-refractivity contribution in [1.29, 1.82) is 0 Å². The van der Waals surface area contributed by atoms with Crippen LogP contribution in [0.3, 0.4) is 0 Å². The zero-order valence-electron chi connectivity index (χ0n) is 15.7. The third kappa shape index (κ3) is 3.35. The number of ether oxygens (including phenoxy) is 2. The SMILES string of the molecule is CO[C@@]12CC[C@H](Oc3ccccn3)C[C@@H]1N(CCc1nccn1C)CC2. The summed E-state index contributed by atoms with van der Waals surface area (Å²) < 4.78 is 14.3. The van der Waals surface area contributed by atoms with Gasteiger partial charge in [0.15, 0.2) is 0 Å². The highest BCUT2D eigenvalue weighted by atomic mass is 16.5. The molecule has 6 nitrogen and oxygen atoms in total. The first kappa shape index (κ1) is 17.5. The fourth-order valence-corrected chi connectivity index (χ4v) is 4.60. The van der Waals surface area contributed by atoms with E-state index in [2.05, 4.69) is 26.5 Å². The van der Waals surface area contributed by atoms with E-state index >= 15 is 0 Å². The first-order chi connectivity index (χ1) is 12.7. The predicted molar refractivity (Wildman–Crippen MR) is 99.1 cm³/mol. The summed E-state index contributed by atoms with van der Waals surface area (Å²) in [4.78, 5) is 11.4. The number of hydrogen-bond donors (Lipinski definition) is 0. The Bertz CT molecular complexity index is 720. The molecule has 0 spiro atoms. The first-order valence-corrected chi connectivity index (χ1v) is 9.53. The molecule has 1 saturated carbocycles. The lowest BCUT2D eigenvalue weighted by Crippen LogP contribution is -2.52. The molecule has 3 atom stereocenters. The fraction of sp³-hybridized carbons (Fsp3) is 0.600. The van der Waals surface area contributed by atoms with Gasteiger partial charge in [-0.3, -0.25) is 4.90 Å². The number of aromatic nitrogens is 3. The van der Waals surface area contributed by atoms with Crippen LogP contribution in [0.4, 0.5) is 0 Å². The average molecular weight is 356 g/mol. The van der Waals surface area contributed by atoms with Crippen LogP contribution in [0.1, 0.15) is 31.5 Å². The molecular formula is C20H28N4O2. The number of aryl methyl sites for hydroxylation is 1. The quantitative estimate of drug-likeness (QED) is 0.796. The second-order valence-corrected chi connectivity index (χ2v) is 7.46. The van der Waals surface area contributed by atoms with Gasteiger partial charge in [0.1, 0.15) is 11.9 Å². The normalized spacial score (nSPS) is 28.8. The monoisotopic (exact) mass is 356 g/mol. The molecule has 2 aromatic heterocycles. The summed E-state index contributed by atoms with van der Waals surface area (Å²) in [6, 6.07) is 6.22. The van der Waals surface area contributed by atoms with Crippen molar-refractivity contribution in [3.63, 3.8) is 0 Å². The van der Waals surface area contributed by atoms with Crippen molar-refractivity contribution < 1.29 is 9.47 Å². The van der Waals surface area contributed by atoms with E-state index in [0.29, 0.717) is 6.04 Å². The molecule has 4 rings (SSSR count). The van der Waals surface area contributed by atoms with Crippen LogP contribution >= 0.6 is 0 Å². The lowest BCUT2D eigenvalue weighted by atomic mass is 9.79. The van der Waals surface area contributed by atoms with Crippen molar-refractivity contribution in [2.24, 2.45) is 7.05 Å². The maximum atomic E-state index is 6.16. The topological polar surface area (TPSA) is 52.4 Å². The molecule has 0 amide bonds. The van der Waals surface area contributed by atoms with Crippen LogP contribution in [0, 0.1) is 0 Å². The van der Waals surface area contributed by atoms with E-state index in [9.17, 15) is 0 Å². The van der Waals surface area contributed by atoms with Crippen molar-refractivity contribution >= 4 is 0 Å². The predicted octanol–water partition coefficient (Wildman–Crippen LogP) is 2.45. The van der Waals surface area contributed by atoms with E-state index in [0.717, 1.165) is 56.9 Å². The van der Waals surface area contributed by atoms with Crippen molar-refractivity contribution in [2.45, 2.75) is 49.9 Å². The third-order valence-corrected chi connectivity index (χ3v) is 6.12. The van der Waals surface area contributed by atoms with Crippen LogP contribution in [0.25, 0.3) is 0 Å². The van der Waals surface area contributed by atoms with Crippen LogP contribution in [0.15, 0.2) is 36.8 Å². The van der Waals surface area contributed by atoms with Crippen LogP contribution in [0.5, 0.6) is 5.88 Å². The van der Waals surface area contributed by atoms with E-state index < -0.39 is 0 Å². The molecule has 6 heteroatoms. The van der Waals surface area contributed by atoms with Gasteiger partial charge in [0.05, 0.1) is 5.60 Å². The summed E-state index contributed by atoms with van der Waals surface area (Å²) in [5.41, 5.74) is -0.0222. The van der Waals surface area contributed by atoms with E-state index in [-0.39, 0.29) is 11.7 Å². The molecule has 3 heterocycles. The average Bonchev–Trinajstić information content (AvgIpc) is 3.24. The van der Waals surface area contributed by atoms with Crippen molar-refractivity contribution in [1.82, 2.24) is 19.4 Å². The second-order valence-electron chi connectivity index (χ2n) is 7.46. The van der Waals surface area contributed by atoms with Crippen molar-refractivity contribution in [3.05, 3.63) is 42.6 Å². The molecule has 2 fully saturated rings. The van der Waals surface area contributed by atoms with Gasteiger partial charge in [0.25, 0.3) is 0 Å². The Balaban J connectivity index is 1.43. The molecule has 26 heavy (non-hydrogen) atoms. The summed E-state index contributed by atoms with van der Waals surface area (Å²) in [6.07, 6.45) is 11.0. The highest BCUT2D eigenvalue weighted by Gasteiger charge is 2.51. The van der Waals surface area contributed by atoms with E-state index in [1.165, 1.54) is 0 Å². The van der Waals surface area contributed by atoms with E-state index in [4.69, 9.17) is 9.47 Å². The second kappa shape index (κ2) is 7.37. The minimum absolute atomic E-state index is 0.0222. The Morgan fingerprint density at radius 3 is 2.88 bits per heavy atom. The fourth-order valence-electron chi connectivity index (χ4n) is 4.60. The minimum Gasteiger partial charge on any atom is -0.474 e. The summed E-state index contributed by atoms with van der Waals surface area (Å²) >= 11 is 0. The lowest BCUT2D eigenvalue weighted by Gasteiger charge is -2.43. The van der Waals surface area contributed by atoms with E-state index in [1.54, 1.807) is 6.20 Å². The molecular weight excluding hydrogens is 328 g/mol. The Kier molecular flexibility index (Phi) is 4.96. The van der Waals surface area contributed by atoms with Gasteiger partial charge in [-0.15, -0.1) is 0 Å². The van der Waals surface area contributed by atoms with Gasteiger partial charge in [-0.1, -0.05) is 6.07 Å². The molecule has 0 bridgehead atoms. The zero-order chi connectivity index (χ0) is 18.0. The molecule has 1 aliphatic carbocycles. The number of methoxy groups -OCH3 is 1. The maximum Gasteiger partial charge on any atom is 0.213 e. The van der Waals surface area contributed by atoms with Gasteiger partial charge in [0.2, 0.25) is 5.88 Å². The molecule has 2 aromatic rings. The summed E-state index contributed by atoms with van der Waals surface area (Å²) in [5.74, 6) is 1.86. The Morgan fingerprint density at radius 1 is 1.23 bits per heavy atom. The Hall–Kier alpha value is -1.92. The van der Waals surface area contributed by atoms with Gasteiger partial charge < -0.3 is 14.0 Å². The van der Waals surface area contributed by atoms with Crippen LogP contribution < -0.4 is 4.74 Å². The maximum absolute atomic E-state index is 6.16. The largest absolute Gasteiger partial charge is 0.474 e. The van der Waals surface area contributed by atoms with Crippen LogP contribution in [-0.4, -0.2) is 57.4 Å². The molecule has 0 N–H and O–H groups in total. The molecule has 0 aromatic carbocycles. The van der Waals surface area contributed by atoms with Crippen LogP contribution in [-0.2, 0) is 18.2 Å². The molecule has 140 valence electrons. The Morgan fingerprint density at radius 2 is 2.15 bits per heavy atom. The zero-order valence-corrected chi connectivity index (χ0v) is 15.7. The minimum atomic E-state index is -0.0222. The summed E-state index contributed by atoms with van der Waals surface area (Å²) in [5, 5.41) is 0. The number of rotatable bonds is 6. The van der Waals surface area contributed by atoms with Gasteiger partial charge in [-0.25, -0.2) is 9.97 Å². The lowest BCUT2D eigenvalue weighted by molar-refractivity contribution is -0.0830. The summed E-state index contributed by atoms with van der Waals surface area (Å²) in [6.45, 7) is 2.09. The highest BCUT2D eigenvalue weighted by Crippen LogP contribution is 2.43. The van der Waals surface area contributed by atoms with Gasteiger partial charge in [0, 0.05) is 70.8 Å². The number of nitrogens with zero attached hydrogens (tertiary/aromatic N) is 4. The summed E-state index contributed by atoms with van der Waals surface area (Å²) in [7, 11) is 3.93. The molecule has 1 saturated heterocycles. The van der Waals surface area contributed by atoms with Crippen molar-refractivity contribution in [2.75, 3.05) is 20.2 Å². The standard InChI is InChI=1S/C20H28N4O2/c1-23-14-11-21-18(23)7-12-24-13-9-20(25-2)8-6-16(15-17(20)24)26-19-5-3-4-10-22-19/h3-5,10-11,14,16-17H,6-9,12-13,15H2,1-2H3/t16-,17-,20+/m0/s1. The van der Waals surface area contributed by atoms with Crippen LogP contribution in [0.2, 0.25) is 0 Å². The smallest absolute Gasteiger partial charge is 0.213 e. The first-order valence-electron chi connectivity index (χ1n) is 9.53. The third-order valence-electron chi connectivity index (χ3n) is 6.12. The van der Waals surface area contributed by atoms with Crippen molar-refractivity contribution in [3.8, 4) is 5.88 Å². The molecule has 0 unspecified atom stereocenters. The molecule has 1 aliphatic heterocycles. The molecule has 0 radical (unpaired) electrons. The van der Waals surface area contributed by atoms with Gasteiger partial charge in [-0.05, 0) is 25.3 Å². The van der Waals surface area contributed by atoms with Gasteiger partial charge in [-0.2, -0.15) is 0 Å². The van der Waals surface area contributed by atoms with E-state index in [1.807, 2.05) is 37.7 Å². The molecule has 2 aliphatic rings. The van der Waals surface area contributed by atoms with Gasteiger partial charge >= 0.3 is 0 Å².